The third-order valence-corrected chi connectivity index (χ3v) is 7.31. The molecule has 1 aromatic carbocycles. The van der Waals surface area contributed by atoms with Gasteiger partial charge in [0.1, 0.15) is 0 Å². The molecule has 0 spiro atoms. The lowest BCUT2D eigenvalue weighted by molar-refractivity contribution is 0.0948. The molecule has 6 nitrogen and oxygen atoms in total. The largest absolute Gasteiger partial charge is 0.351 e. The van der Waals surface area contributed by atoms with Gasteiger partial charge in [-0.1, -0.05) is 38.3 Å². The van der Waals surface area contributed by atoms with Gasteiger partial charge in [-0.25, -0.2) is 8.42 Å². The number of carbonyl (C=O) groups is 1. The van der Waals surface area contributed by atoms with Crippen molar-refractivity contribution in [1.29, 1.82) is 0 Å². The van der Waals surface area contributed by atoms with Gasteiger partial charge in [-0.15, -0.1) is 0 Å². The van der Waals surface area contributed by atoms with Crippen LogP contribution in [0.1, 0.15) is 49.9 Å². The van der Waals surface area contributed by atoms with E-state index in [0.29, 0.717) is 19.6 Å². The van der Waals surface area contributed by atoms with Crippen molar-refractivity contribution in [3.8, 4) is 0 Å². The van der Waals surface area contributed by atoms with Crippen molar-refractivity contribution >= 4 is 27.5 Å². The van der Waals surface area contributed by atoms with Gasteiger partial charge in [-0.2, -0.15) is 4.31 Å². The van der Waals surface area contributed by atoms with Crippen molar-refractivity contribution in [3.63, 3.8) is 0 Å². The van der Waals surface area contributed by atoms with Crippen LogP contribution in [0, 0.1) is 0 Å². The number of carbonyl (C=O) groups excluding carboxylic acids is 1. The van der Waals surface area contributed by atoms with E-state index >= 15 is 0 Å². The Morgan fingerprint density at radius 2 is 1.78 bits per heavy atom. The molecule has 27 heavy (non-hydrogen) atoms. The molecule has 8 heteroatoms. The highest BCUT2D eigenvalue weighted by Crippen LogP contribution is 2.23. The molecule has 1 aliphatic rings. The van der Waals surface area contributed by atoms with Gasteiger partial charge in [0.15, 0.2) is 0 Å². The fraction of sp³-hybridized carbons (Fsp3) is 0.632. The quantitative estimate of drug-likeness (QED) is 0.708. The molecule has 0 atom stereocenters. The second-order valence-corrected chi connectivity index (χ2v) is 9.09. The predicted octanol–water partition coefficient (Wildman–Crippen LogP) is 2.98. The van der Waals surface area contributed by atoms with E-state index in [-0.39, 0.29) is 21.4 Å². The van der Waals surface area contributed by atoms with Gasteiger partial charge in [0, 0.05) is 26.2 Å². The number of amides is 1. The summed E-state index contributed by atoms with van der Waals surface area (Å²) in [6, 6.07) is 4.29. The number of halogens is 1. The highest BCUT2D eigenvalue weighted by Gasteiger charge is 2.23. The number of hydrogen-bond acceptors (Lipinski definition) is 4. The van der Waals surface area contributed by atoms with E-state index in [1.54, 1.807) is 13.8 Å². The van der Waals surface area contributed by atoms with Crippen LogP contribution in [-0.4, -0.2) is 62.8 Å². The number of hydrogen-bond donors (Lipinski definition) is 1. The zero-order valence-corrected chi connectivity index (χ0v) is 17.8. The van der Waals surface area contributed by atoms with E-state index in [1.807, 2.05) is 0 Å². The average Bonchev–Trinajstić information content (AvgIpc) is 2.91. The van der Waals surface area contributed by atoms with E-state index < -0.39 is 10.0 Å². The Morgan fingerprint density at radius 1 is 1.15 bits per heavy atom. The Labute approximate surface area is 167 Å². The first-order valence-electron chi connectivity index (χ1n) is 9.70. The van der Waals surface area contributed by atoms with Crippen molar-refractivity contribution in [2.24, 2.45) is 0 Å². The Balaban J connectivity index is 2.05. The Morgan fingerprint density at radius 3 is 2.37 bits per heavy atom. The number of nitrogens with zero attached hydrogens (tertiary/aromatic N) is 2. The molecule has 0 bridgehead atoms. The lowest BCUT2D eigenvalue weighted by Gasteiger charge is -2.20. The molecule has 1 aliphatic heterocycles. The number of sulfonamides is 1. The molecule has 0 aromatic heterocycles. The maximum absolute atomic E-state index is 12.7. The van der Waals surface area contributed by atoms with E-state index in [4.69, 9.17) is 11.6 Å². The Kier molecular flexibility index (Phi) is 8.54. The maximum Gasteiger partial charge on any atom is 0.252 e. The summed E-state index contributed by atoms with van der Waals surface area (Å²) in [6.45, 7) is 7.75. The molecule has 1 fully saturated rings. The number of nitrogens with one attached hydrogen (secondary N) is 1. The Bertz CT molecular complexity index is 728. The minimum Gasteiger partial charge on any atom is -0.351 e. The van der Waals surface area contributed by atoms with Crippen LogP contribution in [0.2, 0.25) is 5.02 Å². The van der Waals surface area contributed by atoms with Crippen LogP contribution in [0.15, 0.2) is 23.1 Å². The van der Waals surface area contributed by atoms with E-state index in [9.17, 15) is 13.2 Å². The van der Waals surface area contributed by atoms with Gasteiger partial charge in [0.05, 0.1) is 15.5 Å². The molecule has 0 unspecified atom stereocenters. The van der Waals surface area contributed by atoms with Crippen LogP contribution < -0.4 is 5.32 Å². The van der Waals surface area contributed by atoms with E-state index in [0.717, 1.165) is 19.6 Å². The SMILES string of the molecule is CCN(CC)S(=O)(=O)c1ccc(Cl)c(C(=O)NCCN2CCCCCC2)c1. The van der Waals surface area contributed by atoms with Crippen molar-refractivity contribution in [3.05, 3.63) is 28.8 Å². The highest BCUT2D eigenvalue weighted by atomic mass is 35.5. The summed E-state index contributed by atoms with van der Waals surface area (Å²) in [4.78, 5) is 15.0. The van der Waals surface area contributed by atoms with Crippen molar-refractivity contribution in [2.45, 2.75) is 44.4 Å². The summed E-state index contributed by atoms with van der Waals surface area (Å²) in [7, 11) is -3.63. The average molecular weight is 416 g/mol. The summed E-state index contributed by atoms with van der Waals surface area (Å²) in [5.74, 6) is -0.341. The van der Waals surface area contributed by atoms with Crippen LogP contribution in [0.5, 0.6) is 0 Å². The third-order valence-electron chi connectivity index (χ3n) is 4.94. The normalized spacial score (nSPS) is 16.3. The molecule has 0 aliphatic carbocycles. The van der Waals surface area contributed by atoms with Crippen LogP contribution in [0.25, 0.3) is 0 Å². The maximum atomic E-state index is 12.7. The zero-order valence-electron chi connectivity index (χ0n) is 16.2. The fourth-order valence-corrected chi connectivity index (χ4v) is 5.02. The van der Waals surface area contributed by atoms with Gasteiger partial charge in [0.2, 0.25) is 10.0 Å². The second kappa shape index (κ2) is 10.4. The third kappa shape index (κ3) is 5.91. The molecular weight excluding hydrogens is 386 g/mol. The lowest BCUT2D eigenvalue weighted by Crippen LogP contribution is -2.35. The Hall–Kier alpha value is -1.15. The molecule has 152 valence electrons. The summed E-state index contributed by atoms with van der Waals surface area (Å²) >= 11 is 6.16. The summed E-state index contributed by atoms with van der Waals surface area (Å²) in [5.41, 5.74) is 0.195. The topological polar surface area (TPSA) is 69.7 Å². The molecule has 0 radical (unpaired) electrons. The van der Waals surface area contributed by atoms with Crippen molar-refractivity contribution < 1.29 is 13.2 Å². The van der Waals surface area contributed by atoms with E-state index in [1.165, 1.54) is 48.2 Å². The van der Waals surface area contributed by atoms with E-state index in [2.05, 4.69) is 10.2 Å². The number of rotatable bonds is 8. The minimum absolute atomic E-state index is 0.0910. The first kappa shape index (κ1) is 22.1. The summed E-state index contributed by atoms with van der Waals surface area (Å²) in [5, 5.41) is 3.12. The molecular formula is C19H30ClN3O3S. The van der Waals surface area contributed by atoms with Gasteiger partial charge in [-0.05, 0) is 44.1 Å². The summed E-state index contributed by atoms with van der Waals surface area (Å²) < 4.78 is 26.7. The van der Waals surface area contributed by atoms with Gasteiger partial charge >= 0.3 is 0 Å². The monoisotopic (exact) mass is 415 g/mol. The van der Waals surface area contributed by atoms with Gasteiger partial charge in [0.25, 0.3) is 5.91 Å². The minimum atomic E-state index is -3.63. The van der Waals surface area contributed by atoms with Gasteiger partial charge < -0.3 is 10.2 Å². The standard InChI is InChI=1S/C19H30ClN3O3S/c1-3-23(4-2)27(25,26)16-9-10-18(20)17(15-16)19(24)21-11-14-22-12-7-5-6-8-13-22/h9-10,15H,3-8,11-14H2,1-2H3,(H,21,24). The number of benzene rings is 1. The van der Waals surface area contributed by atoms with Crippen LogP contribution >= 0.6 is 11.6 Å². The van der Waals surface area contributed by atoms with Gasteiger partial charge in [-0.3, -0.25) is 4.79 Å². The highest BCUT2D eigenvalue weighted by molar-refractivity contribution is 7.89. The molecule has 0 saturated carbocycles. The number of likely N-dealkylation sites (tertiary alicyclic amines) is 1. The van der Waals surface area contributed by atoms with Crippen molar-refractivity contribution in [1.82, 2.24) is 14.5 Å². The van der Waals surface area contributed by atoms with Crippen LogP contribution in [0.4, 0.5) is 0 Å². The van der Waals surface area contributed by atoms with Crippen LogP contribution in [0.3, 0.4) is 0 Å². The molecule has 1 heterocycles. The fourth-order valence-electron chi connectivity index (χ4n) is 3.33. The first-order valence-corrected chi connectivity index (χ1v) is 11.5. The van der Waals surface area contributed by atoms with Crippen LogP contribution in [-0.2, 0) is 10.0 Å². The first-order chi connectivity index (χ1) is 12.9. The zero-order chi connectivity index (χ0) is 19.9. The van der Waals surface area contributed by atoms with Crippen molar-refractivity contribution in [2.75, 3.05) is 39.3 Å². The predicted molar refractivity (Wildman–Crippen MR) is 109 cm³/mol. The summed E-state index contributed by atoms with van der Waals surface area (Å²) in [6.07, 6.45) is 4.94. The second-order valence-electron chi connectivity index (χ2n) is 6.74. The molecule has 1 amide bonds. The molecule has 1 saturated heterocycles. The molecule has 1 N–H and O–H groups in total. The molecule has 1 aromatic rings. The molecule has 2 rings (SSSR count). The lowest BCUT2D eigenvalue weighted by atomic mass is 10.2. The smallest absolute Gasteiger partial charge is 0.252 e.